The zero-order valence-electron chi connectivity index (χ0n) is 22.9. The number of allylic oxidation sites excluding steroid dienone is 4. The van der Waals surface area contributed by atoms with Crippen molar-refractivity contribution in [3.63, 3.8) is 0 Å². The lowest BCUT2D eigenvalue weighted by Gasteiger charge is -2.35. The molecule has 0 heterocycles. The maximum atomic E-state index is 11.8. The quantitative estimate of drug-likeness (QED) is 0.0578. The fourth-order valence-electron chi connectivity index (χ4n) is 4.30. The van der Waals surface area contributed by atoms with E-state index in [9.17, 15) is 19.5 Å². The summed E-state index contributed by atoms with van der Waals surface area (Å²) in [5, 5.41) is 8.64. The van der Waals surface area contributed by atoms with E-state index in [-0.39, 0.29) is 13.0 Å². The van der Waals surface area contributed by atoms with E-state index in [0.717, 1.165) is 19.3 Å². The molecule has 1 unspecified atom stereocenters. The van der Waals surface area contributed by atoms with E-state index >= 15 is 0 Å². The Balaban J connectivity index is 3.58. The number of likely N-dealkylation sites (N-methyl/N-ethyl adjacent to an activating group) is 1. The summed E-state index contributed by atoms with van der Waals surface area (Å²) < 4.78 is 12.1. The highest BCUT2D eigenvalue weighted by Gasteiger charge is 2.48. The Morgan fingerprint density at radius 1 is 0.647 bits per heavy atom. The summed E-state index contributed by atoms with van der Waals surface area (Å²) in [6, 6.07) is 0. The van der Waals surface area contributed by atoms with Crippen molar-refractivity contribution in [2.75, 3.05) is 27.7 Å². The predicted molar refractivity (Wildman–Crippen MR) is 147 cm³/mol. The topological polar surface area (TPSA) is 77.8 Å². The van der Waals surface area contributed by atoms with Gasteiger partial charge in [-0.05, 0) is 57.8 Å². The van der Waals surface area contributed by atoms with Crippen LogP contribution in [-0.2, 0) is 4.57 Å². The van der Waals surface area contributed by atoms with Crippen molar-refractivity contribution in [3.05, 3.63) is 24.3 Å². The first kappa shape index (κ1) is 33.5. The predicted octanol–water partition coefficient (Wildman–Crippen LogP) is 7.71. The number of quaternary nitrogens is 1. The second-order valence-electron chi connectivity index (χ2n) is 11.1. The summed E-state index contributed by atoms with van der Waals surface area (Å²) in [4.78, 5) is 19.2. The molecule has 6 heteroatoms. The molecule has 0 fully saturated rings. The first-order valence-electron chi connectivity index (χ1n) is 13.9. The first-order chi connectivity index (χ1) is 16.0. The normalized spacial score (nSPS) is 14.9. The average Bonchev–Trinajstić information content (AvgIpc) is 2.73. The van der Waals surface area contributed by atoms with Gasteiger partial charge in [0.2, 0.25) is 5.34 Å². The minimum atomic E-state index is -4.55. The molecule has 0 saturated carbocycles. The SMILES string of the molecule is CCCC/C=C\CCCCC/C=C\CCCCCCCCCCC(O)(C[N+](C)(C)C)P(=O)(O)O. The molecular weight excluding hydrogens is 445 g/mol. The lowest BCUT2D eigenvalue weighted by molar-refractivity contribution is -0.875. The first-order valence-corrected chi connectivity index (χ1v) is 15.5. The van der Waals surface area contributed by atoms with Crippen LogP contribution >= 0.6 is 7.60 Å². The van der Waals surface area contributed by atoms with Crippen LogP contribution in [0.2, 0.25) is 0 Å². The van der Waals surface area contributed by atoms with Crippen LogP contribution in [-0.4, -0.2) is 52.4 Å². The maximum Gasteiger partial charge on any atom is 0.362 e. The Hall–Kier alpha value is -0.450. The van der Waals surface area contributed by atoms with Gasteiger partial charge in [-0.1, -0.05) is 89.0 Å². The minimum Gasteiger partial charge on any atom is -0.373 e. The van der Waals surface area contributed by atoms with Gasteiger partial charge in [-0.3, -0.25) is 4.57 Å². The second-order valence-corrected chi connectivity index (χ2v) is 13.0. The molecule has 0 saturated heterocycles. The van der Waals surface area contributed by atoms with E-state index in [4.69, 9.17) is 0 Å². The van der Waals surface area contributed by atoms with E-state index in [1.54, 1.807) is 0 Å². The third-order valence-electron chi connectivity index (χ3n) is 6.27. The Morgan fingerprint density at radius 2 is 1.00 bits per heavy atom. The molecule has 1 atom stereocenters. The van der Waals surface area contributed by atoms with Gasteiger partial charge in [0.1, 0.15) is 6.54 Å². The van der Waals surface area contributed by atoms with E-state index < -0.39 is 12.9 Å². The van der Waals surface area contributed by atoms with E-state index in [2.05, 4.69) is 31.2 Å². The molecule has 0 rings (SSSR count). The highest BCUT2D eigenvalue weighted by atomic mass is 31.2. The van der Waals surface area contributed by atoms with Gasteiger partial charge in [0, 0.05) is 0 Å². The van der Waals surface area contributed by atoms with Gasteiger partial charge in [-0.2, -0.15) is 0 Å². The van der Waals surface area contributed by atoms with Gasteiger partial charge in [-0.15, -0.1) is 0 Å². The van der Waals surface area contributed by atoms with Crippen LogP contribution in [0, 0.1) is 0 Å². The van der Waals surface area contributed by atoms with Gasteiger partial charge in [0.25, 0.3) is 0 Å². The number of rotatable bonds is 23. The molecule has 0 bridgehead atoms. The molecule has 0 aromatic carbocycles. The van der Waals surface area contributed by atoms with E-state index in [1.165, 1.54) is 83.5 Å². The van der Waals surface area contributed by atoms with Crippen molar-refractivity contribution in [2.45, 2.75) is 128 Å². The van der Waals surface area contributed by atoms with Crippen LogP contribution in [0.3, 0.4) is 0 Å². The zero-order valence-corrected chi connectivity index (χ0v) is 23.8. The number of unbranched alkanes of at least 4 members (excludes halogenated alkanes) is 14. The Kier molecular flexibility index (Phi) is 19.4. The summed E-state index contributed by atoms with van der Waals surface area (Å²) in [6.07, 6.45) is 29.8. The standard InChI is InChI=1S/C28H56NO4P/c1-5-6-7-8-9-10-11-12-13-14-15-16-17-18-19-20-21-22-23-24-25-26-28(30,34(31,32)33)27-29(2,3)4/h8-9,15-16,30H,5-7,10-14,17-27H2,1-4H3,(H-,31,32,33)/p+1/b9-8-,16-15-. The molecule has 0 aromatic heterocycles. The van der Waals surface area contributed by atoms with Crippen LogP contribution in [0.4, 0.5) is 0 Å². The fourth-order valence-corrected chi connectivity index (χ4v) is 5.36. The van der Waals surface area contributed by atoms with E-state index in [0.29, 0.717) is 10.9 Å². The second kappa shape index (κ2) is 19.7. The van der Waals surface area contributed by atoms with Gasteiger partial charge >= 0.3 is 7.60 Å². The van der Waals surface area contributed by atoms with Gasteiger partial charge in [-0.25, -0.2) is 0 Å². The largest absolute Gasteiger partial charge is 0.373 e. The van der Waals surface area contributed by atoms with Crippen LogP contribution in [0.25, 0.3) is 0 Å². The van der Waals surface area contributed by atoms with Crippen molar-refractivity contribution < 1.29 is 23.9 Å². The van der Waals surface area contributed by atoms with Crippen molar-refractivity contribution in [1.29, 1.82) is 0 Å². The van der Waals surface area contributed by atoms with Crippen LogP contribution < -0.4 is 0 Å². The lowest BCUT2D eigenvalue weighted by Crippen LogP contribution is -2.49. The third kappa shape index (κ3) is 19.8. The molecular formula is C28H57NO4P+. The molecule has 0 aliphatic heterocycles. The monoisotopic (exact) mass is 502 g/mol. The van der Waals surface area contributed by atoms with Crippen molar-refractivity contribution in [2.24, 2.45) is 0 Å². The zero-order chi connectivity index (χ0) is 25.8. The highest BCUT2D eigenvalue weighted by molar-refractivity contribution is 7.53. The smallest absolute Gasteiger partial charge is 0.362 e. The summed E-state index contributed by atoms with van der Waals surface area (Å²) in [7, 11) is 0.971. The third-order valence-corrected chi connectivity index (χ3v) is 7.72. The highest BCUT2D eigenvalue weighted by Crippen LogP contribution is 2.52. The van der Waals surface area contributed by atoms with Crippen LogP contribution in [0.5, 0.6) is 0 Å². The van der Waals surface area contributed by atoms with Gasteiger partial charge in [0.05, 0.1) is 21.1 Å². The Labute approximate surface area is 211 Å². The summed E-state index contributed by atoms with van der Waals surface area (Å²) in [6.45, 7) is 2.30. The summed E-state index contributed by atoms with van der Waals surface area (Å²) in [5.74, 6) is 0. The van der Waals surface area contributed by atoms with E-state index in [1.807, 2.05) is 21.1 Å². The van der Waals surface area contributed by atoms with Gasteiger partial charge < -0.3 is 19.4 Å². The molecule has 3 N–H and O–H groups in total. The maximum absolute atomic E-state index is 11.8. The molecule has 5 nitrogen and oxygen atoms in total. The fraction of sp³-hybridized carbons (Fsp3) is 0.857. The Morgan fingerprint density at radius 3 is 1.38 bits per heavy atom. The molecule has 0 aromatic rings. The van der Waals surface area contributed by atoms with Crippen LogP contribution in [0.15, 0.2) is 24.3 Å². The van der Waals surface area contributed by atoms with Crippen molar-refractivity contribution in [1.82, 2.24) is 0 Å². The van der Waals surface area contributed by atoms with Crippen molar-refractivity contribution in [3.8, 4) is 0 Å². The molecule has 0 aliphatic rings. The lowest BCUT2D eigenvalue weighted by atomic mass is 10.0. The summed E-state index contributed by atoms with van der Waals surface area (Å²) >= 11 is 0. The number of hydrogen-bond acceptors (Lipinski definition) is 2. The Bertz CT molecular complexity index is 579. The van der Waals surface area contributed by atoms with Gasteiger partial charge in [0.15, 0.2) is 0 Å². The summed E-state index contributed by atoms with van der Waals surface area (Å²) in [5.41, 5.74) is 0. The van der Waals surface area contributed by atoms with Crippen LogP contribution in [0.1, 0.15) is 122 Å². The molecule has 202 valence electrons. The van der Waals surface area contributed by atoms with Crippen molar-refractivity contribution >= 4 is 7.60 Å². The average molecular weight is 503 g/mol. The molecule has 0 radical (unpaired) electrons. The number of nitrogens with zero attached hydrogens (tertiary/aromatic N) is 1. The molecule has 0 aliphatic carbocycles. The minimum absolute atomic E-state index is 0.0581. The molecule has 0 amide bonds. The number of aliphatic hydroxyl groups is 1. The number of hydrogen-bond donors (Lipinski definition) is 3. The molecule has 0 spiro atoms. The molecule has 34 heavy (non-hydrogen) atoms.